The van der Waals surface area contributed by atoms with E-state index >= 15 is 0 Å². The molecular weight excluding hydrogens is 417 g/mol. The first kappa shape index (κ1) is 21.0. The zero-order valence-corrected chi connectivity index (χ0v) is 17.8. The third kappa shape index (κ3) is 4.42. The van der Waals surface area contributed by atoms with Crippen LogP contribution in [0.1, 0.15) is 19.4 Å². The molecule has 3 aromatic rings. The summed E-state index contributed by atoms with van der Waals surface area (Å²) in [4.78, 5) is 23.0. The van der Waals surface area contributed by atoms with Crippen LogP contribution in [0.3, 0.4) is 0 Å². The van der Waals surface area contributed by atoms with E-state index in [1.165, 1.54) is 18.5 Å². The van der Waals surface area contributed by atoms with Crippen molar-refractivity contribution in [2.45, 2.75) is 19.9 Å². The van der Waals surface area contributed by atoms with Gasteiger partial charge in [0.05, 0.1) is 15.9 Å². The van der Waals surface area contributed by atoms with Crippen molar-refractivity contribution in [3.05, 3.63) is 71.4 Å². The lowest BCUT2D eigenvalue weighted by atomic mass is 10.0. The van der Waals surface area contributed by atoms with E-state index in [4.69, 9.17) is 11.6 Å². The standard InChI is InChI=1S/C23H21ClFN5O/c1-14(2)26-10-3-4-21(31)29-19-7-8-20-22-16(19)9-11-30(23(22)28-13-27-20)15-5-6-18(25)17(24)12-15/h3-9,11-14,26H,10H2,1-2H3,(H,29,31)/b4-3+. The van der Waals surface area contributed by atoms with E-state index in [1.54, 1.807) is 18.2 Å². The summed E-state index contributed by atoms with van der Waals surface area (Å²) >= 11 is 5.97. The van der Waals surface area contributed by atoms with Gasteiger partial charge in [-0.2, -0.15) is 0 Å². The Morgan fingerprint density at radius 1 is 1.26 bits per heavy atom. The minimum absolute atomic E-state index is 0.0294. The molecule has 8 heteroatoms. The summed E-state index contributed by atoms with van der Waals surface area (Å²) in [5.41, 5.74) is 2.86. The summed E-state index contributed by atoms with van der Waals surface area (Å²) in [6.45, 7) is 4.70. The number of hydrogen-bond donors (Lipinski definition) is 2. The van der Waals surface area contributed by atoms with E-state index in [1.807, 2.05) is 43.2 Å². The van der Waals surface area contributed by atoms with Crippen molar-refractivity contribution in [1.29, 1.82) is 0 Å². The Morgan fingerprint density at radius 2 is 2.10 bits per heavy atom. The van der Waals surface area contributed by atoms with Gasteiger partial charge in [-0.05, 0) is 36.4 Å². The minimum Gasteiger partial charge on any atom is -0.322 e. The molecule has 0 aliphatic carbocycles. The normalized spacial score (nSPS) is 12.9. The van der Waals surface area contributed by atoms with Gasteiger partial charge in [0.2, 0.25) is 5.91 Å². The van der Waals surface area contributed by atoms with Crippen molar-refractivity contribution in [3.8, 4) is 0 Å². The van der Waals surface area contributed by atoms with Gasteiger partial charge in [0.1, 0.15) is 18.0 Å². The SMILES string of the molecule is CC(C)NC/C=C/C(=O)Nc1ccc2ncnc3c2c1C=CN3c1ccc(F)c(Cl)c1. The number of rotatable bonds is 6. The average Bonchev–Trinajstić information content (AvgIpc) is 2.75. The molecule has 1 amide bonds. The molecule has 4 rings (SSSR count). The highest BCUT2D eigenvalue weighted by Crippen LogP contribution is 2.40. The van der Waals surface area contributed by atoms with Gasteiger partial charge in [-0.15, -0.1) is 0 Å². The van der Waals surface area contributed by atoms with Gasteiger partial charge in [0.25, 0.3) is 0 Å². The lowest BCUT2D eigenvalue weighted by Crippen LogP contribution is -2.22. The number of hydrogen-bond acceptors (Lipinski definition) is 5. The molecule has 0 saturated carbocycles. The fourth-order valence-electron chi connectivity index (χ4n) is 3.33. The number of aromatic nitrogens is 2. The maximum atomic E-state index is 13.6. The van der Waals surface area contributed by atoms with Crippen LogP contribution in [-0.4, -0.2) is 28.5 Å². The van der Waals surface area contributed by atoms with Gasteiger partial charge >= 0.3 is 0 Å². The molecule has 0 radical (unpaired) electrons. The Kier molecular flexibility index (Phi) is 5.97. The Balaban J connectivity index is 1.67. The minimum atomic E-state index is -0.485. The third-order valence-corrected chi connectivity index (χ3v) is 5.08. The summed E-state index contributed by atoms with van der Waals surface area (Å²) in [6, 6.07) is 8.49. The first-order chi connectivity index (χ1) is 14.9. The van der Waals surface area contributed by atoms with Crippen LogP contribution in [0.4, 0.5) is 21.6 Å². The van der Waals surface area contributed by atoms with Gasteiger partial charge in [0.15, 0.2) is 0 Å². The molecule has 2 aromatic carbocycles. The van der Waals surface area contributed by atoms with Crippen LogP contribution in [0.15, 0.2) is 55.0 Å². The van der Waals surface area contributed by atoms with Gasteiger partial charge < -0.3 is 15.5 Å². The molecular formula is C23H21ClFN5O. The molecule has 0 spiro atoms. The second kappa shape index (κ2) is 8.83. The molecule has 0 fully saturated rings. The fraction of sp³-hybridized carbons (Fsp3) is 0.174. The van der Waals surface area contributed by atoms with Gasteiger partial charge in [-0.3, -0.25) is 4.79 Å². The number of amides is 1. The van der Waals surface area contributed by atoms with Crippen LogP contribution >= 0.6 is 11.6 Å². The predicted octanol–water partition coefficient (Wildman–Crippen LogP) is 5.04. The molecule has 0 atom stereocenters. The molecule has 0 bridgehead atoms. The molecule has 2 heterocycles. The summed E-state index contributed by atoms with van der Waals surface area (Å²) in [6.07, 6.45) is 8.45. The molecule has 1 aliphatic rings. The Bertz CT molecular complexity index is 1210. The number of benzene rings is 2. The number of anilines is 3. The van der Waals surface area contributed by atoms with Crippen LogP contribution in [-0.2, 0) is 4.79 Å². The van der Waals surface area contributed by atoms with E-state index < -0.39 is 5.82 Å². The Hall–Kier alpha value is -3.29. The molecule has 2 N–H and O–H groups in total. The van der Waals surface area contributed by atoms with Gasteiger partial charge in [0, 0.05) is 41.8 Å². The first-order valence-corrected chi connectivity index (χ1v) is 10.2. The van der Waals surface area contributed by atoms with E-state index in [2.05, 4.69) is 20.6 Å². The van der Waals surface area contributed by atoms with Crippen molar-refractivity contribution in [2.75, 3.05) is 16.8 Å². The molecule has 1 aliphatic heterocycles. The van der Waals surface area contributed by atoms with E-state index in [0.717, 1.165) is 16.5 Å². The van der Waals surface area contributed by atoms with Gasteiger partial charge in [-0.1, -0.05) is 31.5 Å². The van der Waals surface area contributed by atoms with Crippen LogP contribution in [0.25, 0.3) is 17.0 Å². The average molecular weight is 438 g/mol. The fourth-order valence-corrected chi connectivity index (χ4v) is 3.51. The largest absolute Gasteiger partial charge is 0.322 e. The summed E-state index contributed by atoms with van der Waals surface area (Å²) < 4.78 is 13.6. The van der Waals surface area contributed by atoms with Crippen LogP contribution in [0.5, 0.6) is 0 Å². The monoisotopic (exact) mass is 437 g/mol. The first-order valence-electron chi connectivity index (χ1n) is 9.85. The lowest BCUT2D eigenvalue weighted by Gasteiger charge is -2.26. The van der Waals surface area contributed by atoms with Gasteiger partial charge in [-0.25, -0.2) is 14.4 Å². The zero-order valence-electron chi connectivity index (χ0n) is 17.1. The summed E-state index contributed by atoms with van der Waals surface area (Å²) in [7, 11) is 0. The third-order valence-electron chi connectivity index (χ3n) is 4.79. The van der Waals surface area contributed by atoms with Crippen molar-refractivity contribution >= 4 is 51.7 Å². The Morgan fingerprint density at radius 3 is 2.87 bits per heavy atom. The number of halogens is 2. The highest BCUT2D eigenvalue weighted by Gasteiger charge is 2.21. The van der Waals surface area contributed by atoms with Crippen molar-refractivity contribution in [3.63, 3.8) is 0 Å². The zero-order chi connectivity index (χ0) is 22.0. The smallest absolute Gasteiger partial charge is 0.248 e. The topological polar surface area (TPSA) is 70.1 Å². The summed E-state index contributed by atoms with van der Waals surface area (Å²) in [5, 5.41) is 6.96. The van der Waals surface area contributed by atoms with E-state index in [-0.39, 0.29) is 10.9 Å². The van der Waals surface area contributed by atoms with Crippen LogP contribution < -0.4 is 15.5 Å². The number of nitrogens with one attached hydrogen (secondary N) is 2. The maximum absolute atomic E-state index is 13.6. The highest BCUT2D eigenvalue weighted by atomic mass is 35.5. The highest BCUT2D eigenvalue weighted by molar-refractivity contribution is 6.31. The number of nitrogens with zero attached hydrogens (tertiary/aromatic N) is 3. The second-order valence-electron chi connectivity index (χ2n) is 7.36. The van der Waals surface area contributed by atoms with Crippen LogP contribution in [0, 0.1) is 5.82 Å². The summed E-state index contributed by atoms with van der Waals surface area (Å²) in [5.74, 6) is -0.0834. The van der Waals surface area contributed by atoms with Crippen molar-refractivity contribution in [1.82, 2.24) is 15.3 Å². The number of carbonyl (C=O) groups excluding carboxylic acids is 1. The van der Waals surface area contributed by atoms with Crippen molar-refractivity contribution in [2.24, 2.45) is 0 Å². The molecule has 6 nitrogen and oxygen atoms in total. The lowest BCUT2D eigenvalue weighted by molar-refractivity contribution is -0.111. The number of carbonyl (C=O) groups is 1. The second-order valence-corrected chi connectivity index (χ2v) is 7.76. The molecule has 31 heavy (non-hydrogen) atoms. The van der Waals surface area contributed by atoms with E-state index in [9.17, 15) is 9.18 Å². The quantitative estimate of drug-likeness (QED) is 0.529. The predicted molar refractivity (Wildman–Crippen MR) is 123 cm³/mol. The Labute approximate surface area is 184 Å². The molecule has 0 unspecified atom stereocenters. The molecule has 158 valence electrons. The molecule has 0 saturated heterocycles. The maximum Gasteiger partial charge on any atom is 0.248 e. The van der Waals surface area contributed by atoms with E-state index in [0.29, 0.717) is 29.8 Å². The molecule has 1 aromatic heterocycles. The van der Waals surface area contributed by atoms with Crippen molar-refractivity contribution < 1.29 is 9.18 Å². The van der Waals surface area contributed by atoms with Crippen LogP contribution in [0.2, 0.25) is 5.02 Å².